The van der Waals surface area contributed by atoms with E-state index >= 15 is 0 Å². The maximum Gasteiger partial charge on any atom is 0.315 e. The first-order valence-corrected chi connectivity index (χ1v) is 9.17. The van der Waals surface area contributed by atoms with Crippen LogP contribution in [0.25, 0.3) is 0 Å². The Kier molecular flexibility index (Phi) is 7.25. The summed E-state index contributed by atoms with van der Waals surface area (Å²) < 4.78 is 0. The number of carbonyl (C=O) groups is 2. The van der Waals surface area contributed by atoms with Crippen molar-refractivity contribution < 1.29 is 9.59 Å². The van der Waals surface area contributed by atoms with Gasteiger partial charge in [0.1, 0.15) is 0 Å². The molecule has 3 amide bonds. The molecule has 1 atom stereocenters. The number of urea groups is 1. The van der Waals surface area contributed by atoms with Gasteiger partial charge < -0.3 is 20.4 Å². The smallest absolute Gasteiger partial charge is 0.315 e. The molecule has 0 bridgehead atoms. The molecule has 1 aromatic carbocycles. The van der Waals surface area contributed by atoms with Gasteiger partial charge in [-0.1, -0.05) is 31.5 Å². The largest absolute Gasteiger partial charge is 0.338 e. The van der Waals surface area contributed by atoms with Gasteiger partial charge in [0.25, 0.3) is 0 Å². The zero-order chi connectivity index (χ0) is 18.2. The van der Waals surface area contributed by atoms with E-state index in [0.29, 0.717) is 19.5 Å². The fourth-order valence-corrected chi connectivity index (χ4v) is 3.06. The van der Waals surface area contributed by atoms with E-state index in [1.54, 1.807) is 4.90 Å². The Morgan fingerprint density at radius 3 is 2.56 bits per heavy atom. The van der Waals surface area contributed by atoms with Gasteiger partial charge in [0, 0.05) is 25.2 Å². The number of benzene rings is 1. The minimum Gasteiger partial charge on any atom is -0.338 e. The summed E-state index contributed by atoms with van der Waals surface area (Å²) >= 11 is 0. The van der Waals surface area contributed by atoms with E-state index < -0.39 is 0 Å². The van der Waals surface area contributed by atoms with Gasteiger partial charge >= 0.3 is 6.03 Å². The molecular weight excluding hydrogens is 316 g/mol. The first-order valence-electron chi connectivity index (χ1n) is 9.17. The van der Waals surface area contributed by atoms with Gasteiger partial charge in [0.2, 0.25) is 5.91 Å². The number of hydrogen-bond acceptors (Lipinski definition) is 3. The van der Waals surface area contributed by atoms with Crippen molar-refractivity contribution in [3.05, 3.63) is 29.8 Å². The van der Waals surface area contributed by atoms with Gasteiger partial charge in [-0.2, -0.15) is 0 Å². The third kappa shape index (κ3) is 5.74. The monoisotopic (exact) mass is 346 g/mol. The average molecular weight is 346 g/mol. The fourth-order valence-electron chi connectivity index (χ4n) is 3.06. The number of amides is 3. The summed E-state index contributed by atoms with van der Waals surface area (Å²) in [6.07, 6.45) is 1.27. The van der Waals surface area contributed by atoms with E-state index in [9.17, 15) is 9.59 Å². The van der Waals surface area contributed by atoms with Gasteiger partial charge in [0.15, 0.2) is 0 Å². The van der Waals surface area contributed by atoms with Gasteiger partial charge in [-0.3, -0.25) is 4.79 Å². The van der Waals surface area contributed by atoms with Crippen molar-refractivity contribution in [1.82, 2.24) is 15.5 Å². The van der Waals surface area contributed by atoms with Crippen molar-refractivity contribution in [3.8, 4) is 0 Å². The molecule has 25 heavy (non-hydrogen) atoms. The molecule has 6 nitrogen and oxygen atoms in total. The van der Waals surface area contributed by atoms with E-state index in [-0.39, 0.29) is 18.0 Å². The molecule has 2 rings (SSSR count). The Balaban J connectivity index is 1.73. The number of carbonyl (C=O) groups excluding carboxylic acids is 2. The lowest BCUT2D eigenvalue weighted by Crippen LogP contribution is -2.44. The number of aryl methyl sites for hydroxylation is 1. The number of hydrogen-bond donors (Lipinski definition) is 2. The van der Waals surface area contributed by atoms with Crippen LogP contribution in [-0.2, 0) is 4.79 Å². The van der Waals surface area contributed by atoms with E-state index in [4.69, 9.17) is 0 Å². The zero-order valence-corrected chi connectivity index (χ0v) is 15.5. The zero-order valence-electron chi connectivity index (χ0n) is 15.5. The van der Waals surface area contributed by atoms with Crippen LogP contribution in [0, 0.1) is 6.92 Å². The highest BCUT2D eigenvalue weighted by molar-refractivity contribution is 5.96. The molecule has 1 aromatic rings. The van der Waals surface area contributed by atoms with Gasteiger partial charge in [-0.25, -0.2) is 4.79 Å². The van der Waals surface area contributed by atoms with E-state index in [0.717, 1.165) is 37.3 Å². The summed E-state index contributed by atoms with van der Waals surface area (Å²) in [6, 6.07) is 7.55. The van der Waals surface area contributed by atoms with E-state index in [2.05, 4.69) is 29.4 Å². The van der Waals surface area contributed by atoms with Crippen LogP contribution in [0.15, 0.2) is 24.3 Å². The van der Waals surface area contributed by atoms with Crippen molar-refractivity contribution in [2.45, 2.75) is 39.7 Å². The molecule has 0 unspecified atom stereocenters. The molecule has 138 valence electrons. The lowest BCUT2D eigenvalue weighted by atomic mass is 10.2. The summed E-state index contributed by atoms with van der Waals surface area (Å²) in [5, 5.41) is 5.79. The molecule has 1 saturated heterocycles. The Bertz CT molecular complexity index is 569. The first-order chi connectivity index (χ1) is 12.0. The fraction of sp³-hybridized carbons (Fsp3) is 0.579. The van der Waals surface area contributed by atoms with Crippen LogP contribution in [0.2, 0.25) is 0 Å². The number of nitrogens with zero attached hydrogens (tertiary/aromatic N) is 2. The van der Waals surface area contributed by atoms with Crippen LogP contribution in [-0.4, -0.2) is 55.6 Å². The minimum absolute atomic E-state index is 0.0516. The van der Waals surface area contributed by atoms with Crippen LogP contribution >= 0.6 is 0 Å². The van der Waals surface area contributed by atoms with E-state index in [1.165, 1.54) is 0 Å². The summed E-state index contributed by atoms with van der Waals surface area (Å²) in [5.74, 6) is 0.0516. The second-order valence-corrected chi connectivity index (χ2v) is 6.52. The number of anilines is 1. The molecule has 0 radical (unpaired) electrons. The highest BCUT2D eigenvalue weighted by Gasteiger charge is 2.31. The standard InChI is InChI=1S/C19H30N4O2/c1-4-22(5-2)12-6-11-20-19(25)21-16-13-18(24)23(14-16)17-9-7-15(3)8-10-17/h7-10,16H,4-6,11-14H2,1-3H3,(H2,20,21,25)/t16-/m1/s1. The van der Waals surface area contributed by atoms with Crippen molar-refractivity contribution >= 4 is 17.6 Å². The average Bonchev–Trinajstić information content (AvgIpc) is 2.96. The first kappa shape index (κ1) is 19.2. The second-order valence-electron chi connectivity index (χ2n) is 6.52. The predicted octanol–water partition coefficient (Wildman–Crippen LogP) is 2.13. The Morgan fingerprint density at radius 1 is 1.24 bits per heavy atom. The lowest BCUT2D eigenvalue weighted by Gasteiger charge is -2.19. The Morgan fingerprint density at radius 2 is 1.92 bits per heavy atom. The van der Waals surface area contributed by atoms with E-state index in [1.807, 2.05) is 31.2 Å². The van der Waals surface area contributed by atoms with Crippen LogP contribution in [0.5, 0.6) is 0 Å². The number of nitrogens with one attached hydrogen (secondary N) is 2. The molecule has 1 aliphatic heterocycles. The molecule has 1 aliphatic rings. The van der Waals surface area contributed by atoms with Gasteiger partial charge in [-0.05, 0) is 45.1 Å². The Hall–Kier alpha value is -2.08. The van der Waals surface area contributed by atoms with Crippen molar-refractivity contribution in [2.75, 3.05) is 37.6 Å². The maximum absolute atomic E-state index is 12.2. The molecule has 0 saturated carbocycles. The highest BCUT2D eigenvalue weighted by Crippen LogP contribution is 2.21. The molecule has 1 fully saturated rings. The van der Waals surface area contributed by atoms with Crippen LogP contribution in [0.3, 0.4) is 0 Å². The maximum atomic E-state index is 12.2. The number of rotatable bonds is 8. The third-order valence-electron chi connectivity index (χ3n) is 4.64. The quantitative estimate of drug-likeness (QED) is 0.709. The summed E-state index contributed by atoms with van der Waals surface area (Å²) in [7, 11) is 0. The molecule has 0 aliphatic carbocycles. The highest BCUT2D eigenvalue weighted by atomic mass is 16.2. The van der Waals surface area contributed by atoms with Gasteiger partial charge in [0.05, 0.1) is 6.04 Å². The molecule has 0 spiro atoms. The lowest BCUT2D eigenvalue weighted by molar-refractivity contribution is -0.117. The summed E-state index contributed by atoms with van der Waals surface area (Å²) in [4.78, 5) is 28.3. The molecule has 1 heterocycles. The van der Waals surface area contributed by atoms with Crippen molar-refractivity contribution in [2.24, 2.45) is 0 Å². The minimum atomic E-state index is -0.192. The normalized spacial score (nSPS) is 17.2. The predicted molar refractivity (Wildman–Crippen MR) is 101 cm³/mol. The molecule has 2 N–H and O–H groups in total. The van der Waals surface area contributed by atoms with Crippen LogP contribution in [0.4, 0.5) is 10.5 Å². The molecular formula is C19H30N4O2. The topological polar surface area (TPSA) is 64.7 Å². The SMILES string of the molecule is CCN(CC)CCCNC(=O)N[C@@H]1CC(=O)N(c2ccc(C)cc2)C1. The third-order valence-corrected chi connectivity index (χ3v) is 4.64. The van der Waals surface area contributed by atoms with Crippen molar-refractivity contribution in [3.63, 3.8) is 0 Å². The van der Waals surface area contributed by atoms with Crippen LogP contribution in [0.1, 0.15) is 32.3 Å². The Labute approximate surface area is 150 Å². The summed E-state index contributed by atoms with van der Waals surface area (Å²) in [6.45, 7) is 10.5. The van der Waals surface area contributed by atoms with Crippen LogP contribution < -0.4 is 15.5 Å². The second kappa shape index (κ2) is 9.42. The van der Waals surface area contributed by atoms with Crippen molar-refractivity contribution in [1.29, 1.82) is 0 Å². The molecule has 0 aromatic heterocycles. The molecule has 6 heteroatoms. The summed E-state index contributed by atoms with van der Waals surface area (Å²) in [5.41, 5.74) is 2.05. The van der Waals surface area contributed by atoms with Gasteiger partial charge in [-0.15, -0.1) is 0 Å².